The van der Waals surface area contributed by atoms with E-state index in [9.17, 15) is 5.11 Å². The van der Waals surface area contributed by atoms with Gasteiger partial charge in [0.1, 0.15) is 0 Å². The molecule has 29 heavy (non-hydrogen) atoms. The third kappa shape index (κ3) is 6.17. The van der Waals surface area contributed by atoms with E-state index >= 15 is 0 Å². The van der Waals surface area contributed by atoms with E-state index in [1.807, 2.05) is 48.5 Å². The van der Waals surface area contributed by atoms with Crippen LogP contribution in [0.25, 0.3) is 11.4 Å². The van der Waals surface area contributed by atoms with Gasteiger partial charge < -0.3 is 10.0 Å². The van der Waals surface area contributed by atoms with Gasteiger partial charge in [-0.25, -0.2) is 0 Å². The summed E-state index contributed by atoms with van der Waals surface area (Å²) in [6, 6.07) is 20.4. The minimum Gasteiger partial charge on any atom is -0.391 e. The fourth-order valence-corrected chi connectivity index (χ4v) is 4.81. The molecule has 1 saturated heterocycles. The Morgan fingerprint density at radius 3 is 2.31 bits per heavy atom. The minimum atomic E-state index is -0.317. The number of benzene rings is 2. The van der Waals surface area contributed by atoms with Gasteiger partial charge in [-0.3, -0.25) is 4.90 Å². The summed E-state index contributed by atoms with van der Waals surface area (Å²) in [6.45, 7) is 4.43. The van der Waals surface area contributed by atoms with E-state index in [2.05, 4.69) is 26.3 Å². The monoisotopic (exact) mass is 448 g/mol. The molecule has 0 bridgehead atoms. The van der Waals surface area contributed by atoms with Gasteiger partial charge in [-0.15, -0.1) is 24.2 Å². The maximum Gasteiger partial charge on any atom is 0.205 e. The second kappa shape index (κ2) is 10.9. The smallest absolute Gasteiger partial charge is 0.205 e. The lowest BCUT2D eigenvalue weighted by Crippen LogP contribution is -2.48. The Morgan fingerprint density at radius 2 is 1.62 bits per heavy atom. The molecule has 3 aromatic rings. The molecule has 2 heterocycles. The van der Waals surface area contributed by atoms with E-state index in [4.69, 9.17) is 4.98 Å². The molecule has 0 amide bonds. The number of aliphatic hydroxyl groups is 1. The van der Waals surface area contributed by atoms with Crippen molar-refractivity contribution in [1.82, 2.24) is 14.3 Å². The number of thioether (sulfide) groups is 1. The third-order valence-electron chi connectivity index (χ3n) is 4.74. The number of piperazine rings is 1. The van der Waals surface area contributed by atoms with E-state index < -0.39 is 0 Å². The predicted molar refractivity (Wildman–Crippen MR) is 124 cm³/mol. The van der Waals surface area contributed by atoms with Crippen molar-refractivity contribution in [1.29, 1.82) is 0 Å². The SMILES string of the molecule is Cl.OC(CSc1ccccc1)CN1CCN(c2nc(-c3ccccc3)ns2)CC1. The minimum absolute atomic E-state index is 0. The van der Waals surface area contributed by atoms with Gasteiger partial charge in [-0.05, 0) is 12.1 Å². The van der Waals surface area contributed by atoms with Gasteiger partial charge in [-0.2, -0.15) is 9.36 Å². The zero-order valence-electron chi connectivity index (χ0n) is 16.1. The molecule has 1 atom stereocenters. The summed E-state index contributed by atoms with van der Waals surface area (Å²) in [7, 11) is 0. The number of nitrogens with zero attached hydrogens (tertiary/aromatic N) is 4. The molecule has 1 aliphatic rings. The number of halogens is 1. The zero-order valence-corrected chi connectivity index (χ0v) is 18.5. The van der Waals surface area contributed by atoms with Crippen molar-refractivity contribution >= 4 is 40.8 Å². The number of aromatic nitrogens is 2. The summed E-state index contributed by atoms with van der Waals surface area (Å²) in [5, 5.41) is 11.4. The van der Waals surface area contributed by atoms with Crippen molar-refractivity contribution in [3.8, 4) is 11.4 Å². The first-order chi connectivity index (χ1) is 13.8. The summed E-state index contributed by atoms with van der Waals surface area (Å²) in [5.74, 6) is 1.53. The van der Waals surface area contributed by atoms with Crippen LogP contribution in [0.5, 0.6) is 0 Å². The van der Waals surface area contributed by atoms with Gasteiger partial charge in [0, 0.05) is 60.5 Å². The number of aliphatic hydroxyl groups excluding tert-OH is 1. The van der Waals surface area contributed by atoms with Crippen molar-refractivity contribution in [3.05, 3.63) is 60.7 Å². The van der Waals surface area contributed by atoms with E-state index in [1.54, 1.807) is 11.8 Å². The Labute approximate surface area is 186 Å². The standard InChI is InChI=1S/C21H24N4OS2.ClH/c26-18(16-27-19-9-5-2-6-10-19)15-24-11-13-25(14-12-24)21-22-20(23-28-21)17-7-3-1-4-8-17;/h1-10,18,26H,11-16H2;1H. The third-order valence-corrected chi connectivity index (χ3v) is 6.68. The fourth-order valence-electron chi connectivity index (χ4n) is 3.23. The summed E-state index contributed by atoms with van der Waals surface area (Å²) in [4.78, 5) is 10.6. The molecule has 1 aromatic heterocycles. The lowest BCUT2D eigenvalue weighted by Gasteiger charge is -2.35. The number of hydrogen-bond acceptors (Lipinski definition) is 7. The van der Waals surface area contributed by atoms with Gasteiger partial charge in [-0.1, -0.05) is 48.5 Å². The molecule has 8 heteroatoms. The maximum absolute atomic E-state index is 10.4. The average Bonchev–Trinajstić information content (AvgIpc) is 3.25. The molecule has 5 nitrogen and oxygen atoms in total. The lowest BCUT2D eigenvalue weighted by molar-refractivity contribution is 0.126. The molecule has 1 N–H and O–H groups in total. The second-order valence-corrected chi connectivity index (χ2v) is 8.66. The normalized spacial score (nSPS) is 15.7. The van der Waals surface area contributed by atoms with Crippen molar-refractivity contribution < 1.29 is 5.11 Å². The zero-order chi connectivity index (χ0) is 19.2. The lowest BCUT2D eigenvalue weighted by atomic mass is 10.2. The highest BCUT2D eigenvalue weighted by molar-refractivity contribution is 7.99. The molecule has 1 unspecified atom stereocenters. The summed E-state index contributed by atoms with van der Waals surface area (Å²) in [5.41, 5.74) is 1.06. The molecular formula is C21H25ClN4OS2. The largest absolute Gasteiger partial charge is 0.391 e. The van der Waals surface area contributed by atoms with E-state index in [0.717, 1.165) is 55.0 Å². The molecule has 2 aromatic carbocycles. The molecule has 1 fully saturated rings. The van der Waals surface area contributed by atoms with Crippen molar-refractivity contribution in [2.45, 2.75) is 11.0 Å². The molecular weight excluding hydrogens is 424 g/mol. The first kappa shape index (κ1) is 22.1. The first-order valence-corrected chi connectivity index (χ1v) is 11.3. The van der Waals surface area contributed by atoms with Crippen molar-refractivity contribution in [3.63, 3.8) is 0 Å². The van der Waals surface area contributed by atoms with Crippen LogP contribution in [0.1, 0.15) is 0 Å². The fraction of sp³-hybridized carbons (Fsp3) is 0.333. The summed E-state index contributed by atoms with van der Waals surface area (Å²) < 4.78 is 4.51. The first-order valence-electron chi connectivity index (χ1n) is 9.50. The van der Waals surface area contributed by atoms with E-state index in [0.29, 0.717) is 0 Å². The summed E-state index contributed by atoms with van der Waals surface area (Å²) >= 11 is 3.18. The van der Waals surface area contributed by atoms with Crippen LogP contribution in [0.3, 0.4) is 0 Å². The predicted octanol–water partition coefficient (Wildman–Crippen LogP) is 3.90. The van der Waals surface area contributed by atoms with Crippen LogP contribution in [0.15, 0.2) is 65.6 Å². The van der Waals surface area contributed by atoms with Crippen molar-refractivity contribution in [2.24, 2.45) is 0 Å². The van der Waals surface area contributed by atoms with E-state index in [1.165, 1.54) is 16.4 Å². The Kier molecular flexibility index (Phi) is 8.32. The molecule has 0 spiro atoms. The van der Waals surface area contributed by atoms with Crippen LogP contribution in [0.4, 0.5) is 5.13 Å². The maximum atomic E-state index is 10.4. The van der Waals surface area contributed by atoms with Gasteiger partial charge in [0.25, 0.3) is 0 Å². The highest BCUT2D eigenvalue weighted by Gasteiger charge is 2.22. The van der Waals surface area contributed by atoms with Gasteiger partial charge in [0.15, 0.2) is 5.82 Å². The van der Waals surface area contributed by atoms with Crippen LogP contribution >= 0.6 is 35.7 Å². The number of β-amino-alcohol motifs (C(OH)–C–C–N with tert-alkyl or cyclic N) is 1. The highest BCUT2D eigenvalue weighted by atomic mass is 35.5. The van der Waals surface area contributed by atoms with E-state index in [-0.39, 0.29) is 18.5 Å². The molecule has 0 saturated carbocycles. The molecule has 4 rings (SSSR count). The Bertz CT molecular complexity index is 857. The number of anilines is 1. The number of rotatable bonds is 7. The Balaban J connectivity index is 0.00000240. The van der Waals surface area contributed by atoms with Crippen LogP contribution in [-0.4, -0.2) is 63.9 Å². The topological polar surface area (TPSA) is 52.5 Å². The van der Waals surface area contributed by atoms with Crippen LogP contribution < -0.4 is 4.90 Å². The molecule has 0 aliphatic carbocycles. The summed E-state index contributed by atoms with van der Waals surface area (Å²) in [6.07, 6.45) is -0.317. The quantitative estimate of drug-likeness (QED) is 0.553. The van der Waals surface area contributed by atoms with Gasteiger partial charge >= 0.3 is 0 Å². The average molecular weight is 449 g/mol. The Morgan fingerprint density at radius 1 is 0.966 bits per heavy atom. The van der Waals surface area contributed by atoms with Crippen LogP contribution in [-0.2, 0) is 0 Å². The van der Waals surface area contributed by atoms with Crippen LogP contribution in [0, 0.1) is 0 Å². The van der Waals surface area contributed by atoms with Crippen LogP contribution in [0.2, 0.25) is 0 Å². The molecule has 1 aliphatic heterocycles. The van der Waals surface area contributed by atoms with Gasteiger partial charge in [0.2, 0.25) is 5.13 Å². The Hall–Kier alpha value is -1.64. The number of hydrogen-bond donors (Lipinski definition) is 1. The van der Waals surface area contributed by atoms with Gasteiger partial charge in [0.05, 0.1) is 6.10 Å². The second-order valence-electron chi connectivity index (χ2n) is 6.83. The highest BCUT2D eigenvalue weighted by Crippen LogP contribution is 2.25. The molecule has 0 radical (unpaired) electrons. The van der Waals surface area contributed by atoms with Crippen molar-refractivity contribution in [2.75, 3.05) is 43.4 Å². The molecule has 154 valence electrons.